The summed E-state index contributed by atoms with van der Waals surface area (Å²) in [6.45, 7) is 2.57. The molecule has 0 aromatic carbocycles. The molecule has 4 nitrogen and oxygen atoms in total. The fourth-order valence-corrected chi connectivity index (χ4v) is 3.15. The minimum absolute atomic E-state index is 0.383. The zero-order valence-corrected chi connectivity index (χ0v) is 9.15. The van der Waals surface area contributed by atoms with E-state index >= 15 is 0 Å². The van der Waals surface area contributed by atoms with Gasteiger partial charge in [-0.25, -0.2) is 4.79 Å². The second-order valence-electron chi connectivity index (χ2n) is 4.71. The summed E-state index contributed by atoms with van der Waals surface area (Å²) < 4.78 is 0. The molecule has 1 aliphatic heterocycles. The maximum absolute atomic E-state index is 11.2. The van der Waals surface area contributed by atoms with E-state index in [-0.39, 0.29) is 0 Å². The fraction of sp³-hybridized carbons (Fsp3) is 0.909. The summed E-state index contributed by atoms with van der Waals surface area (Å²) in [6, 6.07) is 0. The Morgan fingerprint density at radius 3 is 2.60 bits per heavy atom. The van der Waals surface area contributed by atoms with Crippen molar-refractivity contribution in [3.8, 4) is 0 Å². The number of carbonyl (C=O) groups is 1. The van der Waals surface area contributed by atoms with Crippen LogP contribution in [0.25, 0.3) is 0 Å². The molecule has 4 heteroatoms. The lowest BCUT2D eigenvalue weighted by Crippen LogP contribution is -2.62. The Kier molecular flexibility index (Phi) is 2.63. The number of hydrogen-bond donors (Lipinski definition) is 2. The number of amides is 1. The van der Waals surface area contributed by atoms with Crippen molar-refractivity contribution in [3.63, 3.8) is 0 Å². The van der Waals surface area contributed by atoms with E-state index in [2.05, 4.69) is 0 Å². The van der Waals surface area contributed by atoms with Crippen molar-refractivity contribution < 1.29 is 15.0 Å². The van der Waals surface area contributed by atoms with Crippen molar-refractivity contribution in [1.29, 1.82) is 0 Å². The van der Waals surface area contributed by atoms with Crippen LogP contribution in [0.15, 0.2) is 0 Å². The number of rotatable bonds is 2. The minimum atomic E-state index is -0.873. The van der Waals surface area contributed by atoms with E-state index in [0.29, 0.717) is 12.5 Å². The third-order valence-corrected chi connectivity index (χ3v) is 4.02. The predicted octanol–water partition coefficient (Wildman–Crippen LogP) is 1.68. The van der Waals surface area contributed by atoms with Crippen LogP contribution in [0.2, 0.25) is 0 Å². The first-order chi connectivity index (χ1) is 7.13. The molecule has 0 aromatic heterocycles. The van der Waals surface area contributed by atoms with Crippen LogP contribution in [0.5, 0.6) is 0 Å². The molecule has 1 heterocycles. The van der Waals surface area contributed by atoms with Gasteiger partial charge in [-0.2, -0.15) is 0 Å². The predicted molar refractivity (Wildman–Crippen MR) is 55.7 cm³/mol. The molecule has 1 aliphatic carbocycles. The van der Waals surface area contributed by atoms with Gasteiger partial charge in [-0.3, -0.25) is 4.90 Å². The Bertz CT molecular complexity index is 265. The van der Waals surface area contributed by atoms with Crippen LogP contribution < -0.4 is 0 Å². The largest absolute Gasteiger partial charge is 0.465 e. The quantitative estimate of drug-likeness (QED) is 0.733. The molecule has 2 aliphatic rings. The standard InChI is InChI=1S/C11H19NO3/c1-2-11(8-5-6-8)9(13)4-3-7-12(11)10(14)15/h8-9,13H,2-7H2,1H3,(H,14,15). The minimum Gasteiger partial charge on any atom is -0.465 e. The van der Waals surface area contributed by atoms with E-state index < -0.39 is 17.7 Å². The molecule has 2 atom stereocenters. The van der Waals surface area contributed by atoms with Crippen LogP contribution in [-0.4, -0.2) is 39.4 Å². The Labute approximate surface area is 89.9 Å². The van der Waals surface area contributed by atoms with Crippen molar-refractivity contribution >= 4 is 6.09 Å². The third-order valence-electron chi connectivity index (χ3n) is 4.02. The van der Waals surface area contributed by atoms with Crippen molar-refractivity contribution in [1.82, 2.24) is 4.90 Å². The van der Waals surface area contributed by atoms with Crippen LogP contribution in [0.1, 0.15) is 39.0 Å². The van der Waals surface area contributed by atoms with Gasteiger partial charge in [0.1, 0.15) is 0 Å². The van der Waals surface area contributed by atoms with Crippen molar-refractivity contribution in [2.45, 2.75) is 50.7 Å². The monoisotopic (exact) mass is 213 g/mol. The summed E-state index contributed by atoms with van der Waals surface area (Å²) in [5.74, 6) is 0.383. The summed E-state index contributed by atoms with van der Waals surface area (Å²) in [6.07, 6.45) is 3.03. The average Bonchev–Trinajstić information content (AvgIpc) is 3.01. The SMILES string of the molecule is CCC1(C2CC2)C(O)CCCN1C(=O)O. The molecule has 86 valence electrons. The highest BCUT2D eigenvalue weighted by Crippen LogP contribution is 2.49. The van der Waals surface area contributed by atoms with E-state index in [9.17, 15) is 15.0 Å². The molecule has 2 rings (SSSR count). The number of piperidine rings is 1. The number of nitrogens with zero attached hydrogens (tertiary/aromatic N) is 1. The van der Waals surface area contributed by atoms with E-state index in [0.717, 1.165) is 32.1 Å². The van der Waals surface area contributed by atoms with E-state index in [1.54, 1.807) is 0 Å². The lowest BCUT2D eigenvalue weighted by Gasteiger charge is -2.49. The fourth-order valence-electron chi connectivity index (χ4n) is 3.15. The molecule has 15 heavy (non-hydrogen) atoms. The topological polar surface area (TPSA) is 60.8 Å². The highest BCUT2D eigenvalue weighted by molar-refractivity contribution is 5.66. The van der Waals surface area contributed by atoms with E-state index in [1.807, 2.05) is 6.92 Å². The summed E-state index contributed by atoms with van der Waals surface area (Å²) in [4.78, 5) is 12.7. The molecule has 0 bridgehead atoms. The van der Waals surface area contributed by atoms with E-state index in [4.69, 9.17) is 0 Å². The van der Waals surface area contributed by atoms with Crippen LogP contribution in [0, 0.1) is 5.92 Å². The zero-order valence-electron chi connectivity index (χ0n) is 9.15. The first kappa shape index (κ1) is 10.7. The maximum atomic E-state index is 11.2. The molecule has 2 fully saturated rings. The first-order valence-corrected chi connectivity index (χ1v) is 5.81. The van der Waals surface area contributed by atoms with E-state index in [1.165, 1.54) is 4.90 Å². The van der Waals surface area contributed by atoms with Crippen LogP contribution >= 0.6 is 0 Å². The molecule has 0 spiro atoms. The summed E-state index contributed by atoms with van der Waals surface area (Å²) in [5.41, 5.74) is -0.482. The second kappa shape index (κ2) is 3.67. The second-order valence-corrected chi connectivity index (χ2v) is 4.71. The van der Waals surface area contributed by atoms with Crippen molar-refractivity contribution in [2.24, 2.45) is 5.92 Å². The van der Waals surface area contributed by atoms with Gasteiger partial charge in [0.2, 0.25) is 0 Å². The normalized spacial score (nSPS) is 36.7. The summed E-state index contributed by atoms with van der Waals surface area (Å²) in [5, 5.41) is 19.4. The van der Waals surface area contributed by atoms with Gasteiger partial charge in [-0.05, 0) is 38.0 Å². The van der Waals surface area contributed by atoms with Gasteiger partial charge in [-0.1, -0.05) is 6.92 Å². The Hall–Kier alpha value is -0.770. The highest BCUT2D eigenvalue weighted by Gasteiger charge is 2.55. The first-order valence-electron chi connectivity index (χ1n) is 5.81. The number of hydrogen-bond acceptors (Lipinski definition) is 2. The summed E-state index contributed by atoms with van der Waals surface area (Å²) in [7, 11) is 0. The smallest absolute Gasteiger partial charge is 0.407 e. The molecule has 0 radical (unpaired) electrons. The van der Waals surface area contributed by atoms with Gasteiger partial charge in [0.15, 0.2) is 0 Å². The van der Waals surface area contributed by atoms with Crippen molar-refractivity contribution in [3.05, 3.63) is 0 Å². The number of carboxylic acid groups (broad SMARTS) is 1. The Morgan fingerprint density at radius 2 is 2.13 bits per heavy atom. The average molecular weight is 213 g/mol. The molecule has 0 aromatic rings. The summed E-state index contributed by atoms with van der Waals surface area (Å²) >= 11 is 0. The van der Waals surface area contributed by atoms with Crippen LogP contribution in [0.3, 0.4) is 0 Å². The number of likely N-dealkylation sites (tertiary alicyclic amines) is 1. The number of aliphatic hydroxyl groups is 1. The van der Waals surface area contributed by atoms with Crippen LogP contribution in [0.4, 0.5) is 4.79 Å². The molecule has 1 amide bonds. The van der Waals surface area contributed by atoms with Gasteiger partial charge in [0, 0.05) is 6.54 Å². The van der Waals surface area contributed by atoms with Crippen molar-refractivity contribution in [2.75, 3.05) is 6.54 Å². The third kappa shape index (κ3) is 1.51. The molecule has 1 saturated heterocycles. The molecule has 2 unspecified atom stereocenters. The lowest BCUT2D eigenvalue weighted by molar-refractivity contribution is -0.0675. The lowest BCUT2D eigenvalue weighted by atomic mass is 9.77. The van der Waals surface area contributed by atoms with Gasteiger partial charge in [-0.15, -0.1) is 0 Å². The Balaban J connectivity index is 2.30. The van der Waals surface area contributed by atoms with Gasteiger partial charge < -0.3 is 10.2 Å². The highest BCUT2D eigenvalue weighted by atomic mass is 16.4. The molecular formula is C11H19NO3. The molecule has 2 N–H and O–H groups in total. The molecular weight excluding hydrogens is 194 g/mol. The van der Waals surface area contributed by atoms with Gasteiger partial charge in [0.25, 0.3) is 0 Å². The molecule has 1 saturated carbocycles. The number of aliphatic hydroxyl groups excluding tert-OH is 1. The van der Waals surface area contributed by atoms with Gasteiger partial charge in [0.05, 0.1) is 11.6 Å². The Morgan fingerprint density at radius 1 is 1.47 bits per heavy atom. The zero-order chi connectivity index (χ0) is 11.1. The van der Waals surface area contributed by atoms with Gasteiger partial charge >= 0.3 is 6.09 Å². The van der Waals surface area contributed by atoms with Crippen LogP contribution in [-0.2, 0) is 0 Å². The maximum Gasteiger partial charge on any atom is 0.407 e.